The van der Waals surface area contributed by atoms with Crippen LogP contribution in [0.4, 0.5) is 5.69 Å². The average Bonchev–Trinajstić information content (AvgIpc) is 2.89. The van der Waals surface area contributed by atoms with Gasteiger partial charge in [0.15, 0.2) is 0 Å². The number of hydrogen-bond donors (Lipinski definition) is 4. The standard InChI is InChI=1S/C13H17N5O4/c1-7-3-10(18(21)22)5-9(12(7)19)6-14-17-13(20)11-4-8(2)15-16-11/h3,5-6,8,11,15-16,19H,4H2,1-2H3,(H,17,20)/b14-6+. The van der Waals surface area contributed by atoms with Gasteiger partial charge in [0.1, 0.15) is 11.8 Å². The van der Waals surface area contributed by atoms with Gasteiger partial charge in [-0.3, -0.25) is 20.3 Å². The summed E-state index contributed by atoms with van der Waals surface area (Å²) >= 11 is 0. The second-order valence-electron chi connectivity index (χ2n) is 5.17. The van der Waals surface area contributed by atoms with Gasteiger partial charge >= 0.3 is 0 Å². The van der Waals surface area contributed by atoms with E-state index < -0.39 is 11.0 Å². The number of aryl methyl sites for hydroxylation is 1. The molecular weight excluding hydrogens is 290 g/mol. The third-order valence-corrected chi connectivity index (χ3v) is 3.31. The van der Waals surface area contributed by atoms with Crippen LogP contribution < -0.4 is 16.3 Å². The number of nitro groups is 1. The lowest BCUT2D eigenvalue weighted by Gasteiger charge is -2.07. The third-order valence-electron chi connectivity index (χ3n) is 3.31. The van der Waals surface area contributed by atoms with Gasteiger partial charge in [-0.15, -0.1) is 0 Å². The number of carbonyl (C=O) groups excluding carboxylic acids is 1. The summed E-state index contributed by atoms with van der Waals surface area (Å²) in [6, 6.07) is 2.24. The maximum atomic E-state index is 11.8. The predicted octanol–water partition coefficient (Wildman–Crippen LogP) is 0.314. The van der Waals surface area contributed by atoms with Gasteiger partial charge in [0.2, 0.25) is 0 Å². The minimum Gasteiger partial charge on any atom is -0.507 e. The molecule has 9 heteroatoms. The lowest BCUT2D eigenvalue weighted by molar-refractivity contribution is -0.384. The van der Waals surface area contributed by atoms with E-state index in [2.05, 4.69) is 21.4 Å². The van der Waals surface area contributed by atoms with Gasteiger partial charge < -0.3 is 5.11 Å². The van der Waals surface area contributed by atoms with Crippen LogP contribution in [0.3, 0.4) is 0 Å². The Morgan fingerprint density at radius 3 is 2.86 bits per heavy atom. The number of carbonyl (C=O) groups is 1. The van der Waals surface area contributed by atoms with E-state index in [0.29, 0.717) is 12.0 Å². The van der Waals surface area contributed by atoms with Gasteiger partial charge in [0.25, 0.3) is 11.6 Å². The van der Waals surface area contributed by atoms with E-state index in [-0.39, 0.29) is 28.9 Å². The molecular formula is C13H17N5O4. The maximum Gasteiger partial charge on any atom is 0.270 e. The van der Waals surface area contributed by atoms with Crippen molar-refractivity contribution < 1.29 is 14.8 Å². The Morgan fingerprint density at radius 1 is 1.55 bits per heavy atom. The Hall–Kier alpha value is -2.52. The minimum atomic E-state index is -0.558. The van der Waals surface area contributed by atoms with Crippen molar-refractivity contribution in [1.82, 2.24) is 16.3 Å². The number of phenolic OH excluding ortho intramolecular Hbond substituents is 1. The first kappa shape index (κ1) is 15.9. The number of nitro benzene ring substituents is 1. The molecule has 0 saturated carbocycles. The average molecular weight is 307 g/mol. The Bertz CT molecular complexity index is 631. The number of hydrogen-bond acceptors (Lipinski definition) is 7. The fourth-order valence-electron chi connectivity index (χ4n) is 2.12. The molecule has 4 N–H and O–H groups in total. The molecule has 9 nitrogen and oxygen atoms in total. The number of nitrogens with one attached hydrogen (secondary N) is 3. The number of non-ortho nitro benzene ring substituents is 1. The lowest BCUT2D eigenvalue weighted by atomic mass is 10.1. The van der Waals surface area contributed by atoms with Crippen LogP contribution in [0.2, 0.25) is 0 Å². The van der Waals surface area contributed by atoms with E-state index in [1.807, 2.05) is 6.92 Å². The second kappa shape index (κ2) is 6.50. The summed E-state index contributed by atoms with van der Waals surface area (Å²) in [4.78, 5) is 22.1. The summed E-state index contributed by atoms with van der Waals surface area (Å²) in [5.74, 6) is -0.437. The van der Waals surface area contributed by atoms with Gasteiger partial charge in [0.05, 0.1) is 11.1 Å². The van der Waals surface area contributed by atoms with Crippen molar-refractivity contribution in [3.8, 4) is 5.75 Å². The molecule has 0 radical (unpaired) electrons. The molecule has 0 bridgehead atoms. The molecule has 0 spiro atoms. The maximum absolute atomic E-state index is 11.8. The summed E-state index contributed by atoms with van der Waals surface area (Å²) in [5, 5.41) is 24.4. The van der Waals surface area contributed by atoms with Crippen LogP contribution in [-0.4, -0.2) is 34.2 Å². The molecule has 1 amide bonds. The Labute approximate surface area is 126 Å². The van der Waals surface area contributed by atoms with Crippen LogP contribution in [0.5, 0.6) is 5.75 Å². The molecule has 0 aromatic heterocycles. The van der Waals surface area contributed by atoms with Gasteiger partial charge in [-0.1, -0.05) is 0 Å². The van der Waals surface area contributed by atoms with E-state index in [0.717, 1.165) is 0 Å². The van der Waals surface area contributed by atoms with Gasteiger partial charge in [0, 0.05) is 23.7 Å². The molecule has 1 aliphatic rings. The number of phenols is 1. The van der Waals surface area contributed by atoms with E-state index in [1.54, 1.807) is 6.92 Å². The molecule has 1 heterocycles. The highest BCUT2D eigenvalue weighted by atomic mass is 16.6. The molecule has 1 saturated heterocycles. The van der Waals surface area contributed by atoms with Gasteiger partial charge in [-0.2, -0.15) is 5.10 Å². The first-order valence-corrected chi connectivity index (χ1v) is 6.70. The zero-order chi connectivity index (χ0) is 16.3. The largest absolute Gasteiger partial charge is 0.507 e. The summed E-state index contributed by atoms with van der Waals surface area (Å²) < 4.78 is 0. The van der Waals surface area contributed by atoms with Gasteiger partial charge in [-0.05, 0) is 25.8 Å². The molecule has 2 atom stereocenters. The van der Waals surface area contributed by atoms with Crippen LogP contribution in [0.1, 0.15) is 24.5 Å². The second-order valence-corrected chi connectivity index (χ2v) is 5.17. The topological polar surface area (TPSA) is 129 Å². The molecule has 1 aliphatic heterocycles. The molecule has 2 unspecified atom stereocenters. The zero-order valence-electron chi connectivity index (χ0n) is 12.2. The summed E-state index contributed by atoms with van der Waals surface area (Å²) in [7, 11) is 0. The zero-order valence-corrected chi connectivity index (χ0v) is 12.2. The van der Waals surface area contributed by atoms with Crippen molar-refractivity contribution >= 4 is 17.8 Å². The van der Waals surface area contributed by atoms with Crippen LogP contribution in [0.25, 0.3) is 0 Å². The van der Waals surface area contributed by atoms with E-state index in [1.165, 1.54) is 18.3 Å². The van der Waals surface area contributed by atoms with Gasteiger partial charge in [-0.25, -0.2) is 10.9 Å². The Kier molecular flexibility index (Phi) is 4.68. The fraction of sp³-hybridized carbons (Fsp3) is 0.385. The fourth-order valence-corrected chi connectivity index (χ4v) is 2.12. The van der Waals surface area contributed by atoms with Crippen molar-refractivity contribution in [2.75, 3.05) is 0 Å². The quantitative estimate of drug-likeness (QED) is 0.360. The number of benzene rings is 1. The highest BCUT2D eigenvalue weighted by Crippen LogP contribution is 2.26. The Balaban J connectivity index is 2.06. The van der Waals surface area contributed by atoms with Crippen molar-refractivity contribution in [2.24, 2.45) is 5.10 Å². The third kappa shape index (κ3) is 3.57. The molecule has 1 fully saturated rings. The smallest absolute Gasteiger partial charge is 0.270 e. The number of amides is 1. The number of rotatable bonds is 4. The van der Waals surface area contributed by atoms with Crippen LogP contribution >= 0.6 is 0 Å². The summed E-state index contributed by atoms with van der Waals surface area (Å²) in [6.07, 6.45) is 1.81. The highest BCUT2D eigenvalue weighted by Gasteiger charge is 2.26. The number of hydrazone groups is 1. The van der Waals surface area contributed by atoms with Crippen LogP contribution in [0.15, 0.2) is 17.2 Å². The van der Waals surface area contributed by atoms with Crippen molar-refractivity contribution in [3.05, 3.63) is 33.4 Å². The number of aromatic hydroxyl groups is 1. The van der Waals surface area contributed by atoms with Crippen molar-refractivity contribution in [2.45, 2.75) is 32.4 Å². The van der Waals surface area contributed by atoms with E-state index in [4.69, 9.17) is 0 Å². The number of nitrogens with zero attached hydrogens (tertiary/aromatic N) is 2. The molecule has 1 aromatic rings. The highest BCUT2D eigenvalue weighted by molar-refractivity contribution is 5.87. The SMILES string of the molecule is Cc1cc([N+](=O)[O-])cc(/C=N/NC(=O)C2CC(C)NN2)c1O. The molecule has 2 rings (SSSR count). The monoisotopic (exact) mass is 307 g/mol. The van der Waals surface area contributed by atoms with E-state index in [9.17, 15) is 20.0 Å². The van der Waals surface area contributed by atoms with Crippen molar-refractivity contribution in [3.63, 3.8) is 0 Å². The molecule has 1 aromatic carbocycles. The molecule has 22 heavy (non-hydrogen) atoms. The molecule has 118 valence electrons. The Morgan fingerprint density at radius 2 is 2.27 bits per heavy atom. The normalized spacial score (nSPS) is 21.2. The molecule has 0 aliphatic carbocycles. The van der Waals surface area contributed by atoms with Crippen molar-refractivity contribution in [1.29, 1.82) is 0 Å². The summed E-state index contributed by atoms with van der Waals surface area (Å²) in [6.45, 7) is 3.49. The summed E-state index contributed by atoms with van der Waals surface area (Å²) in [5.41, 5.74) is 8.45. The first-order valence-electron chi connectivity index (χ1n) is 6.70. The predicted molar refractivity (Wildman–Crippen MR) is 79.4 cm³/mol. The minimum absolute atomic E-state index is 0.113. The van der Waals surface area contributed by atoms with E-state index >= 15 is 0 Å². The van der Waals surface area contributed by atoms with Crippen LogP contribution in [0, 0.1) is 17.0 Å². The first-order chi connectivity index (χ1) is 10.4. The lowest BCUT2D eigenvalue weighted by Crippen LogP contribution is -2.41. The van der Waals surface area contributed by atoms with Crippen LogP contribution in [-0.2, 0) is 4.79 Å². The number of hydrazine groups is 1.